The summed E-state index contributed by atoms with van der Waals surface area (Å²) in [7, 11) is -3.56. The monoisotopic (exact) mass is 452 g/mol. The molecule has 0 spiro atoms. The van der Waals surface area contributed by atoms with Gasteiger partial charge in [0.25, 0.3) is 0 Å². The Hall–Kier alpha value is -2.99. The van der Waals surface area contributed by atoms with Gasteiger partial charge in [0.15, 0.2) is 0 Å². The molecule has 0 saturated heterocycles. The Bertz CT molecular complexity index is 1030. The second-order valence-corrected chi connectivity index (χ2v) is 9.52. The Balaban J connectivity index is 1.47. The number of benzene rings is 3. The first-order valence-electron chi connectivity index (χ1n) is 11.3. The van der Waals surface area contributed by atoms with E-state index in [1.165, 1.54) is 12.8 Å². The molecule has 0 aliphatic rings. The second-order valence-electron chi connectivity index (χ2n) is 7.83. The molecule has 3 aromatic rings. The zero-order valence-electron chi connectivity index (χ0n) is 18.6. The number of hydrogen-bond donors (Lipinski definition) is 2. The van der Waals surface area contributed by atoms with Gasteiger partial charge in [0, 0.05) is 22.7 Å². The highest BCUT2D eigenvalue weighted by molar-refractivity contribution is 7.87. The molecular formula is C26H32N2O3S. The van der Waals surface area contributed by atoms with Gasteiger partial charge in [-0.25, -0.2) is 0 Å². The van der Waals surface area contributed by atoms with Crippen molar-refractivity contribution in [3.05, 3.63) is 78.9 Å². The summed E-state index contributed by atoms with van der Waals surface area (Å²) in [6, 6.07) is 24.9. The van der Waals surface area contributed by atoms with Gasteiger partial charge in [0.05, 0.1) is 5.75 Å². The van der Waals surface area contributed by atoms with E-state index in [1.807, 2.05) is 66.7 Å². The molecule has 2 N–H and O–H groups in total. The van der Waals surface area contributed by atoms with Crippen LogP contribution in [0, 0.1) is 0 Å². The highest BCUT2D eigenvalue weighted by atomic mass is 32.2. The molecule has 0 unspecified atom stereocenters. The van der Waals surface area contributed by atoms with Gasteiger partial charge < -0.3 is 14.8 Å². The number of anilines is 4. The van der Waals surface area contributed by atoms with Crippen LogP contribution < -0.4 is 14.8 Å². The molecule has 0 aromatic heterocycles. The van der Waals surface area contributed by atoms with Crippen molar-refractivity contribution in [3.63, 3.8) is 0 Å². The first-order chi connectivity index (χ1) is 15.5. The lowest BCUT2D eigenvalue weighted by molar-refractivity contribution is 0.482. The average molecular weight is 453 g/mol. The van der Waals surface area contributed by atoms with Crippen molar-refractivity contribution in [2.45, 2.75) is 45.4 Å². The van der Waals surface area contributed by atoms with E-state index in [9.17, 15) is 8.42 Å². The Kier molecular flexibility index (Phi) is 8.99. The minimum atomic E-state index is -3.56. The van der Waals surface area contributed by atoms with Gasteiger partial charge in [-0.2, -0.15) is 8.42 Å². The standard InChI is InChI=1S/C26H32N2O3S/c1-2-3-4-5-6-10-21-32(29,30)31-26-19-17-25(18-20-26)28-24-15-13-23(14-16-24)27-22-11-8-7-9-12-22/h7-9,11-20,27-28H,2-6,10,21H2,1H3. The lowest BCUT2D eigenvalue weighted by atomic mass is 10.1. The maximum atomic E-state index is 12.2. The molecule has 0 radical (unpaired) electrons. The highest BCUT2D eigenvalue weighted by Crippen LogP contribution is 2.24. The van der Waals surface area contributed by atoms with Gasteiger partial charge >= 0.3 is 10.1 Å². The predicted octanol–water partition coefficient (Wildman–Crippen LogP) is 7.24. The fourth-order valence-corrected chi connectivity index (χ4v) is 4.38. The summed E-state index contributed by atoms with van der Waals surface area (Å²) in [5.41, 5.74) is 3.83. The third-order valence-corrected chi connectivity index (χ3v) is 6.30. The zero-order chi connectivity index (χ0) is 22.7. The molecule has 3 aromatic carbocycles. The van der Waals surface area contributed by atoms with Crippen molar-refractivity contribution in [2.24, 2.45) is 0 Å². The quantitative estimate of drug-likeness (QED) is 0.211. The van der Waals surface area contributed by atoms with Gasteiger partial charge in [-0.05, 0) is 67.1 Å². The molecule has 0 atom stereocenters. The molecule has 0 aliphatic heterocycles. The van der Waals surface area contributed by atoms with Gasteiger partial charge in [-0.1, -0.05) is 57.2 Å². The SMILES string of the molecule is CCCCCCCCS(=O)(=O)Oc1ccc(Nc2ccc(Nc3ccccc3)cc2)cc1. The van der Waals surface area contributed by atoms with E-state index in [2.05, 4.69) is 17.6 Å². The molecular weight excluding hydrogens is 420 g/mol. The zero-order valence-corrected chi connectivity index (χ0v) is 19.4. The maximum absolute atomic E-state index is 12.2. The van der Waals surface area contributed by atoms with E-state index in [-0.39, 0.29) is 5.75 Å². The van der Waals surface area contributed by atoms with Crippen LogP contribution in [0.1, 0.15) is 45.4 Å². The molecule has 0 aliphatic carbocycles. The van der Waals surface area contributed by atoms with Crippen molar-refractivity contribution in [3.8, 4) is 5.75 Å². The molecule has 0 fully saturated rings. The summed E-state index contributed by atoms with van der Waals surface area (Å²) in [5, 5.41) is 6.66. The Morgan fingerprint density at radius 2 is 1.09 bits per heavy atom. The molecule has 6 heteroatoms. The maximum Gasteiger partial charge on any atom is 0.309 e. The van der Waals surface area contributed by atoms with Gasteiger partial charge in [0.2, 0.25) is 0 Å². The van der Waals surface area contributed by atoms with Gasteiger partial charge in [0.1, 0.15) is 5.75 Å². The van der Waals surface area contributed by atoms with Crippen molar-refractivity contribution in [1.29, 1.82) is 0 Å². The number of rotatable bonds is 13. The van der Waals surface area contributed by atoms with Crippen molar-refractivity contribution < 1.29 is 12.6 Å². The first kappa shape index (κ1) is 23.7. The fraction of sp³-hybridized carbons (Fsp3) is 0.308. The van der Waals surface area contributed by atoms with Crippen LogP contribution in [0.25, 0.3) is 0 Å². The minimum Gasteiger partial charge on any atom is -0.382 e. The van der Waals surface area contributed by atoms with Crippen molar-refractivity contribution in [2.75, 3.05) is 16.4 Å². The van der Waals surface area contributed by atoms with Crippen LogP contribution in [0.15, 0.2) is 78.9 Å². The van der Waals surface area contributed by atoms with E-state index in [0.29, 0.717) is 12.2 Å². The normalized spacial score (nSPS) is 11.2. The van der Waals surface area contributed by atoms with Crippen LogP contribution in [0.5, 0.6) is 5.75 Å². The van der Waals surface area contributed by atoms with Crippen LogP contribution in [-0.4, -0.2) is 14.2 Å². The van der Waals surface area contributed by atoms with Crippen molar-refractivity contribution >= 4 is 32.9 Å². The lowest BCUT2D eigenvalue weighted by Crippen LogP contribution is -2.13. The van der Waals surface area contributed by atoms with Gasteiger partial charge in [-0.3, -0.25) is 0 Å². The molecule has 5 nitrogen and oxygen atoms in total. The topological polar surface area (TPSA) is 67.4 Å². The molecule has 0 amide bonds. The Labute approximate surface area is 192 Å². The van der Waals surface area contributed by atoms with Crippen LogP contribution in [-0.2, 0) is 10.1 Å². The summed E-state index contributed by atoms with van der Waals surface area (Å²) < 4.78 is 29.6. The molecule has 0 saturated carbocycles. The Morgan fingerprint density at radius 3 is 1.66 bits per heavy atom. The van der Waals surface area contributed by atoms with E-state index in [0.717, 1.165) is 42.0 Å². The van der Waals surface area contributed by atoms with Crippen LogP contribution >= 0.6 is 0 Å². The predicted molar refractivity (Wildman–Crippen MR) is 134 cm³/mol. The molecule has 3 rings (SSSR count). The van der Waals surface area contributed by atoms with E-state index in [4.69, 9.17) is 4.18 Å². The number of hydrogen-bond acceptors (Lipinski definition) is 5. The van der Waals surface area contributed by atoms with E-state index in [1.54, 1.807) is 12.1 Å². The number of para-hydroxylation sites is 1. The molecule has 170 valence electrons. The van der Waals surface area contributed by atoms with Crippen LogP contribution in [0.3, 0.4) is 0 Å². The summed E-state index contributed by atoms with van der Waals surface area (Å²) >= 11 is 0. The summed E-state index contributed by atoms with van der Waals surface area (Å²) in [6.45, 7) is 2.17. The largest absolute Gasteiger partial charge is 0.382 e. The van der Waals surface area contributed by atoms with Crippen LogP contribution in [0.2, 0.25) is 0 Å². The summed E-state index contributed by atoms with van der Waals surface area (Å²) in [4.78, 5) is 0. The second kappa shape index (κ2) is 12.2. The Morgan fingerprint density at radius 1 is 0.625 bits per heavy atom. The number of unbranched alkanes of at least 4 members (excludes halogenated alkanes) is 5. The number of nitrogens with one attached hydrogen (secondary N) is 2. The smallest absolute Gasteiger partial charge is 0.309 e. The first-order valence-corrected chi connectivity index (χ1v) is 12.8. The average Bonchev–Trinajstić information content (AvgIpc) is 2.79. The fourth-order valence-electron chi connectivity index (χ4n) is 3.33. The molecule has 0 heterocycles. The minimum absolute atomic E-state index is 0.0580. The molecule has 32 heavy (non-hydrogen) atoms. The van der Waals surface area contributed by atoms with Crippen molar-refractivity contribution in [1.82, 2.24) is 0 Å². The third-order valence-electron chi connectivity index (χ3n) is 5.06. The lowest BCUT2D eigenvalue weighted by Gasteiger charge is -2.11. The van der Waals surface area contributed by atoms with Crippen LogP contribution in [0.4, 0.5) is 22.7 Å². The highest BCUT2D eigenvalue weighted by Gasteiger charge is 2.12. The molecule has 0 bridgehead atoms. The van der Waals surface area contributed by atoms with E-state index >= 15 is 0 Å². The van der Waals surface area contributed by atoms with Gasteiger partial charge in [-0.15, -0.1) is 0 Å². The summed E-state index contributed by atoms with van der Waals surface area (Å²) in [6.07, 6.45) is 6.19. The third kappa shape index (κ3) is 8.27. The summed E-state index contributed by atoms with van der Waals surface area (Å²) in [5.74, 6) is 0.395. The van der Waals surface area contributed by atoms with E-state index < -0.39 is 10.1 Å².